The summed E-state index contributed by atoms with van der Waals surface area (Å²) in [4.78, 5) is 20.0. The zero-order valence-electron chi connectivity index (χ0n) is 11.9. The van der Waals surface area contributed by atoms with Crippen LogP contribution in [0.25, 0.3) is 0 Å². The molecular weight excluding hydrogens is 240 g/mol. The van der Waals surface area contributed by atoms with Gasteiger partial charge in [0.2, 0.25) is 0 Å². The van der Waals surface area contributed by atoms with E-state index in [1.54, 1.807) is 25.2 Å². The Morgan fingerprint density at radius 3 is 2.58 bits per heavy atom. The molecule has 104 valence electrons. The van der Waals surface area contributed by atoms with E-state index in [9.17, 15) is 4.79 Å². The number of carbonyl (C=O) groups excluding carboxylic acids is 1. The molecule has 0 aromatic carbocycles. The molecule has 0 aliphatic carbocycles. The third kappa shape index (κ3) is 3.67. The molecule has 0 unspecified atom stereocenters. The van der Waals surface area contributed by atoms with Crippen molar-refractivity contribution in [3.8, 4) is 0 Å². The van der Waals surface area contributed by atoms with E-state index in [1.807, 2.05) is 12.1 Å². The standard InChI is InChI=1S/C14H22N4O/c1-17(2)14(19)11-4-5-13(15-10-11)16-12-6-8-18(3)9-7-12/h4-5,10,12H,6-9H2,1-3H3,(H,15,16). The maximum atomic E-state index is 11.7. The van der Waals surface area contributed by atoms with Crippen LogP contribution in [0.3, 0.4) is 0 Å². The first kappa shape index (κ1) is 13.8. The lowest BCUT2D eigenvalue weighted by Gasteiger charge is -2.29. The van der Waals surface area contributed by atoms with Crippen LogP contribution >= 0.6 is 0 Å². The summed E-state index contributed by atoms with van der Waals surface area (Å²) in [7, 11) is 5.64. The van der Waals surface area contributed by atoms with E-state index in [4.69, 9.17) is 0 Å². The molecule has 2 rings (SSSR count). The average molecular weight is 262 g/mol. The van der Waals surface area contributed by atoms with Crippen LogP contribution in [0.2, 0.25) is 0 Å². The molecule has 19 heavy (non-hydrogen) atoms. The summed E-state index contributed by atoms with van der Waals surface area (Å²) in [5.41, 5.74) is 0.624. The lowest BCUT2D eigenvalue weighted by molar-refractivity contribution is 0.0827. The zero-order valence-corrected chi connectivity index (χ0v) is 11.9. The number of rotatable bonds is 3. The van der Waals surface area contributed by atoms with Gasteiger partial charge in [-0.2, -0.15) is 0 Å². The van der Waals surface area contributed by atoms with Crippen molar-refractivity contribution >= 4 is 11.7 Å². The Morgan fingerprint density at radius 1 is 1.37 bits per heavy atom. The molecule has 0 atom stereocenters. The highest BCUT2D eigenvalue weighted by atomic mass is 16.2. The van der Waals surface area contributed by atoms with Crippen molar-refractivity contribution in [1.29, 1.82) is 0 Å². The number of amides is 1. The van der Waals surface area contributed by atoms with E-state index in [2.05, 4.69) is 22.2 Å². The fourth-order valence-electron chi connectivity index (χ4n) is 2.23. The van der Waals surface area contributed by atoms with Crippen molar-refractivity contribution in [3.05, 3.63) is 23.9 Å². The number of nitrogens with zero attached hydrogens (tertiary/aromatic N) is 3. The summed E-state index contributed by atoms with van der Waals surface area (Å²) < 4.78 is 0. The zero-order chi connectivity index (χ0) is 13.8. The molecular formula is C14H22N4O. The van der Waals surface area contributed by atoms with Gasteiger partial charge < -0.3 is 15.1 Å². The highest BCUT2D eigenvalue weighted by molar-refractivity contribution is 5.93. The number of hydrogen-bond acceptors (Lipinski definition) is 4. The normalized spacial score (nSPS) is 17.2. The molecule has 0 bridgehead atoms. The molecule has 5 nitrogen and oxygen atoms in total. The molecule has 1 N–H and O–H groups in total. The first-order chi connectivity index (χ1) is 9.06. The van der Waals surface area contributed by atoms with Crippen LogP contribution in [0, 0.1) is 0 Å². The van der Waals surface area contributed by atoms with E-state index < -0.39 is 0 Å². The van der Waals surface area contributed by atoms with Gasteiger partial charge in [-0.25, -0.2) is 4.98 Å². The largest absolute Gasteiger partial charge is 0.367 e. The maximum Gasteiger partial charge on any atom is 0.254 e. The molecule has 5 heteroatoms. The third-order valence-electron chi connectivity index (χ3n) is 3.49. The predicted molar refractivity (Wildman–Crippen MR) is 76.4 cm³/mol. The molecule has 1 amide bonds. The number of pyridine rings is 1. The van der Waals surface area contributed by atoms with Crippen LogP contribution < -0.4 is 5.32 Å². The lowest BCUT2D eigenvalue weighted by atomic mass is 10.1. The van der Waals surface area contributed by atoms with Gasteiger partial charge in [0.1, 0.15) is 5.82 Å². The van der Waals surface area contributed by atoms with E-state index in [-0.39, 0.29) is 5.91 Å². The Balaban J connectivity index is 1.93. The van der Waals surface area contributed by atoms with Gasteiger partial charge in [0.05, 0.1) is 5.56 Å². The molecule has 1 saturated heterocycles. The van der Waals surface area contributed by atoms with Gasteiger partial charge in [0.15, 0.2) is 0 Å². The number of carbonyl (C=O) groups is 1. The van der Waals surface area contributed by atoms with Crippen molar-refractivity contribution in [2.24, 2.45) is 0 Å². The van der Waals surface area contributed by atoms with Gasteiger partial charge >= 0.3 is 0 Å². The number of hydrogen-bond donors (Lipinski definition) is 1. The number of likely N-dealkylation sites (tertiary alicyclic amines) is 1. The fourth-order valence-corrected chi connectivity index (χ4v) is 2.23. The summed E-state index contributed by atoms with van der Waals surface area (Å²) in [6, 6.07) is 4.20. The Kier molecular flexibility index (Phi) is 4.37. The van der Waals surface area contributed by atoms with Gasteiger partial charge in [0.25, 0.3) is 5.91 Å². The summed E-state index contributed by atoms with van der Waals surface area (Å²) in [5, 5.41) is 3.43. The monoisotopic (exact) mass is 262 g/mol. The highest BCUT2D eigenvalue weighted by Crippen LogP contribution is 2.14. The third-order valence-corrected chi connectivity index (χ3v) is 3.49. The minimum absolute atomic E-state index is 0.0154. The fraction of sp³-hybridized carbons (Fsp3) is 0.571. The van der Waals surface area contributed by atoms with Crippen molar-refractivity contribution in [1.82, 2.24) is 14.8 Å². The lowest BCUT2D eigenvalue weighted by Crippen LogP contribution is -2.36. The van der Waals surface area contributed by atoms with Crippen LogP contribution in [0.5, 0.6) is 0 Å². The molecule has 1 aromatic heterocycles. The smallest absolute Gasteiger partial charge is 0.254 e. The number of piperidine rings is 1. The topological polar surface area (TPSA) is 48.5 Å². The van der Waals surface area contributed by atoms with Crippen LogP contribution in [0.15, 0.2) is 18.3 Å². The van der Waals surface area contributed by atoms with Crippen molar-refractivity contribution < 1.29 is 4.79 Å². The number of anilines is 1. The van der Waals surface area contributed by atoms with Gasteiger partial charge in [0, 0.05) is 26.3 Å². The van der Waals surface area contributed by atoms with Crippen LogP contribution in [0.1, 0.15) is 23.2 Å². The summed E-state index contributed by atoms with van der Waals surface area (Å²) in [6.07, 6.45) is 3.91. The molecule has 0 saturated carbocycles. The van der Waals surface area contributed by atoms with Gasteiger partial charge in [-0.05, 0) is 45.1 Å². The average Bonchev–Trinajstić information content (AvgIpc) is 2.41. The minimum Gasteiger partial charge on any atom is -0.367 e. The second-order valence-corrected chi connectivity index (χ2v) is 5.35. The Labute approximate surface area is 114 Å². The van der Waals surface area contributed by atoms with E-state index >= 15 is 0 Å². The molecule has 0 radical (unpaired) electrons. The summed E-state index contributed by atoms with van der Waals surface area (Å²) in [5.74, 6) is 0.836. The first-order valence-electron chi connectivity index (χ1n) is 6.69. The Hall–Kier alpha value is -1.62. The number of nitrogens with one attached hydrogen (secondary N) is 1. The maximum absolute atomic E-state index is 11.7. The first-order valence-corrected chi connectivity index (χ1v) is 6.69. The Morgan fingerprint density at radius 2 is 2.05 bits per heavy atom. The minimum atomic E-state index is -0.0154. The van der Waals surface area contributed by atoms with Crippen molar-refractivity contribution in [2.45, 2.75) is 18.9 Å². The quantitative estimate of drug-likeness (QED) is 0.891. The van der Waals surface area contributed by atoms with Gasteiger partial charge in [-0.15, -0.1) is 0 Å². The van der Waals surface area contributed by atoms with Gasteiger partial charge in [-0.3, -0.25) is 4.79 Å². The van der Waals surface area contributed by atoms with Crippen LogP contribution in [0.4, 0.5) is 5.82 Å². The molecule has 1 fully saturated rings. The SMILES string of the molecule is CN1CCC(Nc2ccc(C(=O)N(C)C)cn2)CC1. The second-order valence-electron chi connectivity index (χ2n) is 5.35. The highest BCUT2D eigenvalue weighted by Gasteiger charge is 2.16. The summed E-state index contributed by atoms with van der Waals surface area (Å²) >= 11 is 0. The molecule has 2 heterocycles. The van der Waals surface area contributed by atoms with Gasteiger partial charge in [-0.1, -0.05) is 0 Å². The van der Waals surface area contributed by atoms with Crippen LogP contribution in [-0.2, 0) is 0 Å². The van der Waals surface area contributed by atoms with Crippen molar-refractivity contribution in [3.63, 3.8) is 0 Å². The van der Waals surface area contributed by atoms with E-state index in [0.29, 0.717) is 11.6 Å². The summed E-state index contributed by atoms with van der Waals surface area (Å²) in [6.45, 7) is 2.24. The Bertz CT molecular complexity index is 422. The van der Waals surface area contributed by atoms with E-state index in [0.717, 1.165) is 31.7 Å². The molecule has 0 spiro atoms. The molecule has 1 aromatic rings. The number of aromatic nitrogens is 1. The predicted octanol–water partition coefficient (Wildman–Crippen LogP) is 1.29. The van der Waals surface area contributed by atoms with E-state index in [1.165, 1.54) is 0 Å². The second kappa shape index (κ2) is 6.02. The molecule has 1 aliphatic rings. The van der Waals surface area contributed by atoms with Crippen LogP contribution in [-0.4, -0.2) is 61.0 Å². The van der Waals surface area contributed by atoms with Crippen molar-refractivity contribution in [2.75, 3.05) is 39.5 Å². The molecule has 1 aliphatic heterocycles.